The molecule has 0 N–H and O–H groups in total. The van der Waals surface area contributed by atoms with Crippen LogP contribution in [0, 0.1) is 0 Å². The molecule has 0 saturated carbocycles. The Kier molecular flexibility index (Phi) is 1.73. The predicted octanol–water partition coefficient (Wildman–Crippen LogP) is -0.713. The minimum atomic E-state index is -4.45. The zero-order valence-corrected chi connectivity index (χ0v) is 6.02. The van der Waals surface area contributed by atoms with Crippen LogP contribution < -0.4 is 14.4 Å². The van der Waals surface area contributed by atoms with Gasteiger partial charge >= 0.3 is 0 Å². The predicted molar refractivity (Wildman–Crippen MR) is 31.6 cm³/mol. The Morgan fingerprint density at radius 2 is 2.22 bits per heavy atom. The maximum absolute atomic E-state index is 10.2. The van der Waals surface area contributed by atoms with E-state index in [1.165, 1.54) is 12.1 Å². The molecule has 0 aromatic carbocycles. The molecule has 9 heavy (non-hydrogen) atoms. The minimum absolute atomic E-state index is 0.0949. The summed E-state index contributed by atoms with van der Waals surface area (Å²) in [5.74, 6) is 0. The van der Waals surface area contributed by atoms with E-state index in [2.05, 4.69) is 0 Å². The molecule has 1 rings (SSSR count). The molecule has 1 aromatic rings. The van der Waals surface area contributed by atoms with E-state index in [9.17, 15) is 14.4 Å². The van der Waals surface area contributed by atoms with Gasteiger partial charge in [-0.25, -0.2) is 0 Å². The van der Waals surface area contributed by atoms with Gasteiger partial charge in [0.15, 0.2) is 0 Å². The van der Waals surface area contributed by atoms with Gasteiger partial charge in [0.2, 0.25) is 0 Å². The van der Waals surface area contributed by atoms with E-state index in [0.29, 0.717) is 0 Å². The lowest BCUT2D eigenvalue weighted by Gasteiger charge is -2.27. The summed E-state index contributed by atoms with van der Waals surface area (Å²) in [5, 5.41) is 1.55. The van der Waals surface area contributed by atoms with Gasteiger partial charge in [0.25, 0.3) is 0 Å². The Morgan fingerprint density at radius 1 is 1.56 bits per heavy atom. The van der Waals surface area contributed by atoms with Gasteiger partial charge in [0, 0.05) is 4.62 Å². The average molecular weight is 162 g/mol. The number of hydrogen-bond acceptors (Lipinski definition) is 4. The summed E-state index contributed by atoms with van der Waals surface area (Å²) in [6.07, 6.45) is 0. The highest BCUT2D eigenvalue weighted by molar-refractivity contribution is 7.64. The minimum Gasteiger partial charge on any atom is -0.807 e. The van der Waals surface area contributed by atoms with Gasteiger partial charge in [-0.15, -0.1) is 11.3 Å². The highest BCUT2D eigenvalue weighted by atomic mass is 32.1. The first-order valence-corrected chi connectivity index (χ1v) is 4.59. The van der Waals surface area contributed by atoms with Crippen molar-refractivity contribution < 1.29 is 14.4 Å². The molecule has 5 heteroatoms. The summed E-state index contributed by atoms with van der Waals surface area (Å²) in [6, 6.07) is 2.83. The standard InChI is InChI=1S/C4H5O3PS/c5-8(6,7)4-2-1-3-9-4/h1-3H,(H2,5,6,7)/p-2. The van der Waals surface area contributed by atoms with Crippen LogP contribution >= 0.6 is 18.9 Å². The third-order valence-electron chi connectivity index (χ3n) is 0.776. The Balaban J connectivity index is 3.04. The maximum atomic E-state index is 10.2. The van der Waals surface area contributed by atoms with Crippen molar-refractivity contribution in [2.24, 2.45) is 0 Å². The summed E-state index contributed by atoms with van der Waals surface area (Å²) in [7, 11) is -4.45. The molecule has 50 valence electrons. The largest absolute Gasteiger partial charge is 0.807 e. The molecular formula is C4H3O3PS-2. The van der Waals surface area contributed by atoms with Crippen LogP contribution in [0.4, 0.5) is 0 Å². The van der Waals surface area contributed by atoms with Crippen molar-refractivity contribution in [1.29, 1.82) is 0 Å². The molecule has 1 heterocycles. The highest BCUT2D eigenvalue weighted by Gasteiger charge is 1.94. The lowest BCUT2D eigenvalue weighted by Crippen LogP contribution is -2.22. The second-order valence-corrected chi connectivity index (χ2v) is 4.18. The number of hydrogen-bond donors (Lipinski definition) is 0. The third kappa shape index (κ3) is 1.63. The smallest absolute Gasteiger partial charge is 0.0362 e. The first-order valence-electron chi connectivity index (χ1n) is 2.17. The normalized spacial score (nSPS) is 11.8. The van der Waals surface area contributed by atoms with Gasteiger partial charge in [-0.3, -0.25) is 0 Å². The molecule has 0 aliphatic carbocycles. The second-order valence-electron chi connectivity index (χ2n) is 1.45. The van der Waals surface area contributed by atoms with Crippen LogP contribution in [-0.4, -0.2) is 0 Å². The molecule has 0 saturated heterocycles. The van der Waals surface area contributed by atoms with Crippen molar-refractivity contribution in [2.45, 2.75) is 0 Å². The molecule has 3 nitrogen and oxygen atoms in total. The van der Waals surface area contributed by atoms with Gasteiger partial charge in [0.05, 0.1) is 0 Å². The quantitative estimate of drug-likeness (QED) is 0.512. The van der Waals surface area contributed by atoms with E-state index in [1.54, 1.807) is 5.38 Å². The molecule has 0 amide bonds. The number of thiophene rings is 1. The van der Waals surface area contributed by atoms with Crippen molar-refractivity contribution in [3.05, 3.63) is 17.5 Å². The van der Waals surface area contributed by atoms with E-state index in [1.807, 2.05) is 0 Å². The van der Waals surface area contributed by atoms with Gasteiger partial charge in [0.1, 0.15) is 0 Å². The van der Waals surface area contributed by atoms with Crippen LogP contribution in [0.25, 0.3) is 0 Å². The Labute approximate surface area is 56.1 Å². The van der Waals surface area contributed by atoms with Gasteiger partial charge in [-0.2, -0.15) is 0 Å². The topological polar surface area (TPSA) is 63.2 Å². The van der Waals surface area contributed by atoms with Crippen molar-refractivity contribution in [2.75, 3.05) is 0 Å². The van der Waals surface area contributed by atoms with E-state index in [0.717, 1.165) is 11.3 Å². The fourth-order valence-corrected chi connectivity index (χ4v) is 1.85. The molecule has 0 unspecified atom stereocenters. The fraction of sp³-hybridized carbons (Fsp3) is 0. The summed E-state index contributed by atoms with van der Waals surface area (Å²) in [5.41, 5.74) is 0. The van der Waals surface area contributed by atoms with Crippen LogP contribution in [0.15, 0.2) is 17.5 Å². The molecule has 1 aromatic heterocycles. The molecule has 0 spiro atoms. The summed E-state index contributed by atoms with van der Waals surface area (Å²) in [4.78, 5) is 20.4. The molecule has 0 bridgehead atoms. The summed E-state index contributed by atoms with van der Waals surface area (Å²) in [6.45, 7) is 0. The first-order chi connectivity index (χ1) is 4.11. The Bertz CT molecular complexity index is 224. The van der Waals surface area contributed by atoms with E-state index < -0.39 is 7.60 Å². The second kappa shape index (κ2) is 2.23. The monoisotopic (exact) mass is 162 g/mol. The zero-order valence-electron chi connectivity index (χ0n) is 4.31. The lowest BCUT2D eigenvalue weighted by molar-refractivity contribution is -0.307. The molecule has 0 radical (unpaired) electrons. The summed E-state index contributed by atoms with van der Waals surface area (Å²) >= 11 is 0.942. The van der Waals surface area contributed by atoms with Crippen LogP contribution in [0.5, 0.6) is 0 Å². The molecule has 0 atom stereocenters. The number of rotatable bonds is 1. The Morgan fingerprint density at radius 3 is 2.44 bits per heavy atom. The van der Waals surface area contributed by atoms with E-state index in [4.69, 9.17) is 0 Å². The zero-order chi connectivity index (χ0) is 6.91. The first kappa shape index (κ1) is 6.96. The lowest BCUT2D eigenvalue weighted by atomic mass is 10.7. The van der Waals surface area contributed by atoms with Crippen molar-refractivity contribution in [3.63, 3.8) is 0 Å². The molecule has 0 fully saturated rings. The average Bonchev–Trinajstić information content (AvgIpc) is 2.08. The maximum Gasteiger partial charge on any atom is 0.0362 e. The Hall–Kier alpha value is -0.150. The molecule has 0 aliphatic rings. The third-order valence-corrected chi connectivity index (χ3v) is 3.12. The summed E-state index contributed by atoms with van der Waals surface area (Å²) < 4.78 is 10.1. The van der Waals surface area contributed by atoms with Crippen molar-refractivity contribution in [3.8, 4) is 0 Å². The fourth-order valence-electron chi connectivity index (χ4n) is 0.426. The van der Waals surface area contributed by atoms with Crippen LogP contribution in [-0.2, 0) is 4.57 Å². The van der Waals surface area contributed by atoms with Crippen LogP contribution in [0.1, 0.15) is 0 Å². The van der Waals surface area contributed by atoms with Crippen molar-refractivity contribution >= 4 is 23.6 Å². The van der Waals surface area contributed by atoms with Crippen LogP contribution in [0.2, 0.25) is 0 Å². The van der Waals surface area contributed by atoms with E-state index in [-0.39, 0.29) is 4.62 Å². The SMILES string of the molecule is O=P([O-])([O-])c1cccs1. The van der Waals surface area contributed by atoms with Crippen molar-refractivity contribution in [1.82, 2.24) is 0 Å². The van der Waals surface area contributed by atoms with Gasteiger partial charge in [-0.05, 0) is 19.0 Å². The molecular weight excluding hydrogens is 159 g/mol. The van der Waals surface area contributed by atoms with Crippen LogP contribution in [0.3, 0.4) is 0 Å². The highest BCUT2D eigenvalue weighted by Crippen LogP contribution is 2.24. The van der Waals surface area contributed by atoms with E-state index >= 15 is 0 Å². The van der Waals surface area contributed by atoms with Gasteiger partial charge < -0.3 is 14.4 Å². The molecule has 0 aliphatic heterocycles. The van der Waals surface area contributed by atoms with Gasteiger partial charge in [-0.1, -0.05) is 6.07 Å².